The first-order valence-corrected chi connectivity index (χ1v) is 5.95. The largest absolute Gasteiger partial charge is 0.507 e. The maximum Gasteiger partial charge on any atom is 0.339 e. The van der Waals surface area contributed by atoms with E-state index >= 15 is 0 Å². The second-order valence-corrected chi connectivity index (χ2v) is 4.69. The number of carbonyl (C=O) groups is 1. The van der Waals surface area contributed by atoms with E-state index < -0.39 is 5.97 Å². The van der Waals surface area contributed by atoms with E-state index in [1.165, 1.54) is 6.07 Å². The zero-order chi connectivity index (χ0) is 12.4. The van der Waals surface area contributed by atoms with Crippen LogP contribution in [0.3, 0.4) is 0 Å². The van der Waals surface area contributed by atoms with Crippen molar-refractivity contribution in [3.63, 3.8) is 0 Å². The Morgan fingerprint density at radius 2 is 2.29 bits per heavy atom. The fourth-order valence-electron chi connectivity index (χ4n) is 1.81. The molecule has 0 aromatic heterocycles. The molecule has 0 aliphatic carbocycles. The second-order valence-electron chi connectivity index (χ2n) is 3.78. The lowest BCUT2D eigenvalue weighted by atomic mass is 10.0. The number of phenols is 1. The Bertz CT molecular complexity index is 443. The van der Waals surface area contributed by atoms with Gasteiger partial charge in [0.1, 0.15) is 11.3 Å². The number of benzene rings is 1. The van der Waals surface area contributed by atoms with E-state index in [2.05, 4.69) is 21.2 Å². The highest BCUT2D eigenvalue weighted by atomic mass is 79.9. The van der Waals surface area contributed by atoms with Gasteiger partial charge in [0.25, 0.3) is 0 Å². The molecular weight excluding hydrogens is 290 g/mol. The zero-order valence-electron chi connectivity index (χ0n) is 8.94. The van der Waals surface area contributed by atoms with Gasteiger partial charge in [0.05, 0.1) is 19.3 Å². The molecule has 1 aliphatic rings. The SMILES string of the molecule is O=C(O)c1cc(Br)cc([C@@H]2COCCN2)c1O. The van der Waals surface area contributed by atoms with E-state index in [0.29, 0.717) is 29.8 Å². The first kappa shape index (κ1) is 12.3. The molecule has 0 saturated carbocycles. The van der Waals surface area contributed by atoms with Crippen molar-refractivity contribution in [3.05, 3.63) is 27.7 Å². The van der Waals surface area contributed by atoms with E-state index in [9.17, 15) is 9.90 Å². The molecule has 1 atom stereocenters. The van der Waals surface area contributed by atoms with Crippen LogP contribution in [-0.4, -0.2) is 35.9 Å². The number of morpholine rings is 1. The Balaban J connectivity index is 2.41. The van der Waals surface area contributed by atoms with Gasteiger partial charge in [-0.15, -0.1) is 0 Å². The van der Waals surface area contributed by atoms with Gasteiger partial charge in [-0.05, 0) is 12.1 Å². The normalized spacial score (nSPS) is 20.2. The number of halogens is 1. The summed E-state index contributed by atoms with van der Waals surface area (Å²) in [6, 6.07) is 2.90. The first-order valence-electron chi connectivity index (χ1n) is 5.16. The van der Waals surface area contributed by atoms with Crippen molar-refractivity contribution in [1.29, 1.82) is 0 Å². The van der Waals surface area contributed by atoms with Gasteiger partial charge in [0.2, 0.25) is 0 Å². The van der Waals surface area contributed by atoms with Crippen molar-refractivity contribution in [2.75, 3.05) is 19.8 Å². The third-order valence-corrected chi connectivity index (χ3v) is 3.09. The molecule has 1 heterocycles. The molecule has 0 amide bonds. The highest BCUT2D eigenvalue weighted by Gasteiger charge is 2.23. The molecule has 5 nitrogen and oxygen atoms in total. The third-order valence-electron chi connectivity index (χ3n) is 2.63. The topological polar surface area (TPSA) is 78.8 Å². The minimum atomic E-state index is -1.15. The highest BCUT2D eigenvalue weighted by Crippen LogP contribution is 2.32. The van der Waals surface area contributed by atoms with E-state index in [-0.39, 0.29) is 17.4 Å². The number of hydrogen-bond donors (Lipinski definition) is 3. The van der Waals surface area contributed by atoms with Crippen LogP contribution >= 0.6 is 15.9 Å². The molecule has 0 radical (unpaired) electrons. The standard InChI is InChI=1S/C11H12BrNO4/c12-6-3-7(9-5-17-2-1-13-9)10(14)8(4-6)11(15)16/h3-4,9,13-14H,1-2,5H2,(H,15,16)/t9-/m0/s1. The summed E-state index contributed by atoms with van der Waals surface area (Å²) < 4.78 is 5.92. The Morgan fingerprint density at radius 1 is 1.53 bits per heavy atom. The molecule has 6 heteroatoms. The van der Waals surface area contributed by atoms with Gasteiger partial charge in [-0.3, -0.25) is 0 Å². The number of rotatable bonds is 2. The summed E-state index contributed by atoms with van der Waals surface area (Å²) in [5.74, 6) is -1.36. The molecule has 1 saturated heterocycles. The van der Waals surface area contributed by atoms with Crippen LogP contribution in [-0.2, 0) is 4.74 Å². The van der Waals surface area contributed by atoms with Crippen molar-refractivity contribution in [2.24, 2.45) is 0 Å². The van der Waals surface area contributed by atoms with Crippen molar-refractivity contribution >= 4 is 21.9 Å². The number of carboxylic acids is 1. The van der Waals surface area contributed by atoms with Crippen molar-refractivity contribution in [2.45, 2.75) is 6.04 Å². The monoisotopic (exact) mass is 301 g/mol. The number of carboxylic acid groups (broad SMARTS) is 1. The fraction of sp³-hybridized carbons (Fsp3) is 0.364. The maximum atomic E-state index is 11.0. The Hall–Kier alpha value is -1.11. The average Bonchev–Trinajstić information content (AvgIpc) is 2.32. The number of hydrogen-bond acceptors (Lipinski definition) is 4. The quantitative estimate of drug-likeness (QED) is 0.772. The average molecular weight is 302 g/mol. The zero-order valence-corrected chi connectivity index (χ0v) is 10.5. The van der Waals surface area contributed by atoms with Crippen LogP contribution < -0.4 is 5.32 Å². The second kappa shape index (κ2) is 5.03. The summed E-state index contributed by atoms with van der Waals surface area (Å²) >= 11 is 3.24. The van der Waals surface area contributed by atoms with Gasteiger partial charge < -0.3 is 20.3 Å². The molecule has 2 rings (SSSR count). The van der Waals surface area contributed by atoms with Crippen LogP contribution in [0.25, 0.3) is 0 Å². The van der Waals surface area contributed by atoms with Gasteiger partial charge in [-0.25, -0.2) is 4.79 Å². The minimum Gasteiger partial charge on any atom is -0.507 e. The van der Waals surface area contributed by atoms with E-state index in [1.807, 2.05) is 0 Å². The predicted molar refractivity (Wildman–Crippen MR) is 64.3 cm³/mol. The van der Waals surface area contributed by atoms with Crippen LogP contribution in [0.5, 0.6) is 5.75 Å². The highest BCUT2D eigenvalue weighted by molar-refractivity contribution is 9.10. The molecule has 1 fully saturated rings. The number of aromatic hydroxyl groups is 1. The summed E-state index contributed by atoms with van der Waals surface area (Å²) in [5, 5.41) is 22.1. The molecule has 3 N–H and O–H groups in total. The predicted octanol–water partition coefficient (Wildman–Crippen LogP) is 1.51. The van der Waals surface area contributed by atoms with E-state index in [0.717, 1.165) is 0 Å². The van der Waals surface area contributed by atoms with Crippen LogP contribution in [0.4, 0.5) is 0 Å². The molecule has 0 unspecified atom stereocenters. The molecule has 17 heavy (non-hydrogen) atoms. The summed E-state index contributed by atoms with van der Waals surface area (Å²) in [6.07, 6.45) is 0. The van der Waals surface area contributed by atoms with Gasteiger partial charge >= 0.3 is 5.97 Å². The smallest absolute Gasteiger partial charge is 0.339 e. The molecule has 1 aliphatic heterocycles. The van der Waals surface area contributed by atoms with Gasteiger partial charge in [-0.2, -0.15) is 0 Å². The summed E-state index contributed by atoms with van der Waals surface area (Å²) in [6.45, 7) is 1.72. The maximum absolute atomic E-state index is 11.0. The van der Waals surface area contributed by atoms with Crippen LogP contribution in [0.15, 0.2) is 16.6 Å². The van der Waals surface area contributed by atoms with Crippen molar-refractivity contribution in [3.8, 4) is 5.75 Å². The van der Waals surface area contributed by atoms with Crippen molar-refractivity contribution < 1.29 is 19.7 Å². The lowest BCUT2D eigenvalue weighted by molar-refractivity contribution is 0.0687. The Labute approximate surface area is 107 Å². The summed E-state index contributed by atoms with van der Waals surface area (Å²) in [7, 11) is 0. The Morgan fingerprint density at radius 3 is 2.88 bits per heavy atom. The fourth-order valence-corrected chi connectivity index (χ4v) is 2.29. The molecule has 1 aromatic rings. The lowest BCUT2D eigenvalue weighted by Crippen LogP contribution is -2.34. The molecule has 1 aromatic carbocycles. The van der Waals surface area contributed by atoms with E-state index in [4.69, 9.17) is 9.84 Å². The number of nitrogens with one attached hydrogen (secondary N) is 1. The van der Waals surface area contributed by atoms with Gasteiger partial charge in [0.15, 0.2) is 0 Å². The molecule has 0 bridgehead atoms. The Kier molecular flexibility index (Phi) is 3.66. The minimum absolute atomic E-state index is 0.109. The molecular formula is C11H12BrNO4. The molecule has 0 spiro atoms. The summed E-state index contributed by atoms with van der Waals surface area (Å²) in [4.78, 5) is 11.0. The van der Waals surface area contributed by atoms with Crippen LogP contribution in [0.2, 0.25) is 0 Å². The summed E-state index contributed by atoms with van der Waals surface area (Å²) in [5.41, 5.74) is 0.429. The lowest BCUT2D eigenvalue weighted by Gasteiger charge is -2.25. The van der Waals surface area contributed by atoms with Crippen LogP contribution in [0.1, 0.15) is 22.0 Å². The van der Waals surface area contributed by atoms with Crippen LogP contribution in [0, 0.1) is 0 Å². The molecule has 92 valence electrons. The van der Waals surface area contributed by atoms with Crippen molar-refractivity contribution in [1.82, 2.24) is 5.32 Å². The van der Waals surface area contributed by atoms with Gasteiger partial charge in [-0.1, -0.05) is 15.9 Å². The third kappa shape index (κ3) is 2.59. The first-order chi connectivity index (χ1) is 8.09. The van der Waals surface area contributed by atoms with E-state index in [1.54, 1.807) is 6.07 Å². The number of aromatic carboxylic acids is 1. The number of ether oxygens (including phenoxy) is 1. The van der Waals surface area contributed by atoms with Gasteiger partial charge in [0, 0.05) is 16.6 Å².